The number of hydrogen-bond donors (Lipinski definition) is 2. The molecule has 0 radical (unpaired) electrons. The highest BCUT2D eigenvalue weighted by Crippen LogP contribution is 2.21. The molecule has 0 saturated heterocycles. The normalized spacial score (nSPS) is 13.3. The van der Waals surface area contributed by atoms with Crippen LogP contribution in [0.15, 0.2) is 18.6 Å². The zero-order valence-corrected chi connectivity index (χ0v) is 8.94. The fraction of sp³-hybridized carbons (Fsp3) is 0.333. The predicted molar refractivity (Wildman–Crippen MR) is 56.9 cm³/mol. The van der Waals surface area contributed by atoms with Gasteiger partial charge in [0.25, 0.3) is 0 Å². The second-order valence-electron chi connectivity index (χ2n) is 3.17. The van der Waals surface area contributed by atoms with Crippen LogP contribution >= 0.6 is 11.6 Å². The summed E-state index contributed by atoms with van der Waals surface area (Å²) >= 11 is 5.91. The average Bonchev–Trinajstić information content (AvgIpc) is 2.58. The maximum atomic E-state index is 9.81. The summed E-state index contributed by atoms with van der Waals surface area (Å²) in [7, 11) is 1.77. The predicted octanol–water partition coefficient (Wildman–Crippen LogP) is 0.635. The number of rotatable bonds is 3. The van der Waals surface area contributed by atoms with Crippen molar-refractivity contribution in [3.8, 4) is 0 Å². The molecule has 5 nitrogen and oxygen atoms in total. The van der Waals surface area contributed by atoms with Crippen LogP contribution in [0.4, 0.5) is 0 Å². The van der Waals surface area contributed by atoms with Gasteiger partial charge in [0.2, 0.25) is 5.28 Å². The van der Waals surface area contributed by atoms with E-state index in [0.29, 0.717) is 17.5 Å². The Balaban J connectivity index is 2.52. The lowest BCUT2D eigenvalue weighted by Crippen LogP contribution is -2.17. The molecule has 1 unspecified atom stereocenters. The quantitative estimate of drug-likeness (QED) is 0.806. The first kappa shape index (κ1) is 10.4. The molecule has 2 rings (SSSR count). The number of hydrogen-bond acceptors (Lipinski definition) is 4. The topological polar surface area (TPSA) is 62.5 Å². The Morgan fingerprint density at radius 1 is 1.67 bits per heavy atom. The third-order valence-corrected chi connectivity index (χ3v) is 2.41. The molecule has 1 atom stereocenters. The van der Waals surface area contributed by atoms with Gasteiger partial charge in [-0.15, -0.1) is 0 Å². The summed E-state index contributed by atoms with van der Waals surface area (Å²) in [4.78, 5) is 8.09. The van der Waals surface area contributed by atoms with Gasteiger partial charge in [-0.1, -0.05) is 0 Å². The molecule has 0 aliphatic heterocycles. The van der Waals surface area contributed by atoms with E-state index < -0.39 is 6.10 Å². The molecular formula is C9H11ClN4O. The van der Waals surface area contributed by atoms with Crippen molar-refractivity contribution in [2.75, 3.05) is 13.6 Å². The number of fused-ring (bicyclic) bond motifs is 1. The van der Waals surface area contributed by atoms with Crippen LogP contribution in [0.2, 0.25) is 5.28 Å². The molecule has 2 N–H and O–H groups in total. The van der Waals surface area contributed by atoms with Crippen LogP contribution in [0, 0.1) is 0 Å². The number of aliphatic hydroxyl groups is 1. The maximum absolute atomic E-state index is 9.81. The van der Waals surface area contributed by atoms with Crippen LogP contribution in [0.1, 0.15) is 11.8 Å². The molecular weight excluding hydrogens is 216 g/mol. The smallest absolute Gasteiger partial charge is 0.207 e. The zero-order chi connectivity index (χ0) is 10.8. The van der Waals surface area contributed by atoms with Gasteiger partial charge >= 0.3 is 0 Å². The lowest BCUT2D eigenvalue weighted by Gasteiger charge is -2.06. The van der Waals surface area contributed by atoms with Crippen LogP contribution in [-0.2, 0) is 0 Å². The molecule has 2 aromatic heterocycles. The fourth-order valence-electron chi connectivity index (χ4n) is 1.46. The van der Waals surface area contributed by atoms with E-state index in [0.717, 1.165) is 5.52 Å². The van der Waals surface area contributed by atoms with Gasteiger partial charge in [-0.3, -0.25) is 9.38 Å². The minimum Gasteiger partial charge on any atom is -0.385 e. The van der Waals surface area contributed by atoms with E-state index in [-0.39, 0.29) is 0 Å². The Labute approximate surface area is 91.7 Å². The van der Waals surface area contributed by atoms with Gasteiger partial charge in [0.1, 0.15) is 6.10 Å². The van der Waals surface area contributed by atoms with Crippen molar-refractivity contribution in [1.29, 1.82) is 0 Å². The number of aromatic nitrogens is 3. The second-order valence-corrected chi connectivity index (χ2v) is 3.51. The Kier molecular flexibility index (Phi) is 2.86. The number of likely N-dealkylation sites (N-methyl/N-ethyl adjacent to an activating group) is 1. The average molecular weight is 227 g/mol. The van der Waals surface area contributed by atoms with E-state index in [1.54, 1.807) is 30.0 Å². The lowest BCUT2D eigenvalue weighted by atomic mass is 10.2. The summed E-state index contributed by atoms with van der Waals surface area (Å²) in [6.07, 6.45) is 4.28. The van der Waals surface area contributed by atoms with Crippen LogP contribution in [-0.4, -0.2) is 33.1 Å². The van der Waals surface area contributed by atoms with Crippen molar-refractivity contribution in [2.45, 2.75) is 6.10 Å². The van der Waals surface area contributed by atoms with Gasteiger partial charge in [0.05, 0.1) is 17.4 Å². The van der Waals surface area contributed by atoms with Gasteiger partial charge < -0.3 is 10.4 Å². The molecule has 2 aromatic rings. The van der Waals surface area contributed by atoms with Gasteiger partial charge in [0.15, 0.2) is 0 Å². The summed E-state index contributed by atoms with van der Waals surface area (Å²) in [6, 6.07) is 0. The first-order chi connectivity index (χ1) is 7.24. The Morgan fingerprint density at radius 3 is 3.20 bits per heavy atom. The summed E-state index contributed by atoms with van der Waals surface area (Å²) < 4.78 is 1.68. The molecule has 0 aromatic carbocycles. The standard InChI is InChI=1S/C9H11ClN4O/c1-11-5-7(15)8-6-4-12-2-3-14(6)9(10)13-8/h2-4,7,11,15H,5H2,1H3. The highest BCUT2D eigenvalue weighted by atomic mass is 35.5. The van der Waals surface area contributed by atoms with Crippen molar-refractivity contribution in [3.63, 3.8) is 0 Å². The molecule has 0 spiro atoms. The fourth-order valence-corrected chi connectivity index (χ4v) is 1.70. The molecule has 2 heterocycles. The molecule has 0 aliphatic rings. The van der Waals surface area contributed by atoms with Crippen molar-refractivity contribution in [1.82, 2.24) is 19.7 Å². The zero-order valence-electron chi connectivity index (χ0n) is 8.18. The van der Waals surface area contributed by atoms with Gasteiger partial charge in [-0.2, -0.15) is 0 Å². The maximum Gasteiger partial charge on any atom is 0.207 e. The number of halogens is 1. The van der Waals surface area contributed by atoms with Crippen molar-refractivity contribution >= 4 is 17.1 Å². The number of nitrogens with one attached hydrogen (secondary N) is 1. The van der Waals surface area contributed by atoms with Crippen LogP contribution < -0.4 is 5.32 Å². The highest BCUT2D eigenvalue weighted by Gasteiger charge is 2.16. The Hall–Kier alpha value is -1.17. The van der Waals surface area contributed by atoms with Crippen LogP contribution in [0.5, 0.6) is 0 Å². The van der Waals surface area contributed by atoms with Crippen LogP contribution in [0.25, 0.3) is 5.52 Å². The molecule has 15 heavy (non-hydrogen) atoms. The summed E-state index contributed by atoms with van der Waals surface area (Å²) in [5.41, 5.74) is 1.27. The highest BCUT2D eigenvalue weighted by molar-refractivity contribution is 6.28. The Morgan fingerprint density at radius 2 is 2.47 bits per heavy atom. The number of imidazole rings is 1. The van der Waals surface area contributed by atoms with E-state index in [9.17, 15) is 5.11 Å². The summed E-state index contributed by atoms with van der Waals surface area (Å²) in [5.74, 6) is 0. The molecule has 0 bridgehead atoms. The van der Waals surface area contributed by atoms with Crippen LogP contribution in [0.3, 0.4) is 0 Å². The van der Waals surface area contributed by atoms with Gasteiger partial charge in [0, 0.05) is 18.9 Å². The van der Waals surface area contributed by atoms with Gasteiger partial charge in [-0.25, -0.2) is 4.98 Å². The molecule has 80 valence electrons. The summed E-state index contributed by atoms with van der Waals surface area (Å²) in [6.45, 7) is 0.428. The number of nitrogens with zero attached hydrogens (tertiary/aromatic N) is 3. The van der Waals surface area contributed by atoms with Gasteiger partial charge in [-0.05, 0) is 18.6 Å². The lowest BCUT2D eigenvalue weighted by molar-refractivity contribution is 0.175. The summed E-state index contributed by atoms with van der Waals surface area (Å²) in [5, 5.41) is 13.0. The minimum absolute atomic E-state index is 0.331. The third kappa shape index (κ3) is 1.81. The van der Waals surface area contributed by atoms with E-state index >= 15 is 0 Å². The third-order valence-electron chi connectivity index (χ3n) is 2.15. The SMILES string of the molecule is CNCC(O)c1nc(Cl)n2ccncc12. The second kappa shape index (κ2) is 4.14. The number of aliphatic hydroxyl groups excluding tert-OH is 1. The van der Waals surface area contributed by atoms with E-state index in [1.807, 2.05) is 0 Å². The van der Waals surface area contributed by atoms with E-state index in [1.165, 1.54) is 0 Å². The molecule has 0 saturated carbocycles. The first-order valence-corrected chi connectivity index (χ1v) is 4.92. The Bertz CT molecular complexity index is 470. The molecule has 0 aliphatic carbocycles. The largest absolute Gasteiger partial charge is 0.385 e. The van der Waals surface area contributed by atoms with E-state index in [2.05, 4.69) is 15.3 Å². The van der Waals surface area contributed by atoms with E-state index in [4.69, 9.17) is 11.6 Å². The molecule has 0 fully saturated rings. The molecule has 6 heteroatoms. The van der Waals surface area contributed by atoms with Crippen molar-refractivity contribution in [3.05, 3.63) is 29.6 Å². The van der Waals surface area contributed by atoms with Crippen molar-refractivity contribution in [2.24, 2.45) is 0 Å². The minimum atomic E-state index is -0.679. The first-order valence-electron chi connectivity index (χ1n) is 4.54. The molecule has 0 amide bonds. The monoisotopic (exact) mass is 226 g/mol. The van der Waals surface area contributed by atoms with Crippen molar-refractivity contribution < 1.29 is 5.11 Å².